The van der Waals surface area contributed by atoms with Crippen LogP contribution in [0.5, 0.6) is 0 Å². The van der Waals surface area contributed by atoms with Crippen LogP contribution >= 0.6 is 11.6 Å². The van der Waals surface area contributed by atoms with E-state index in [1.165, 1.54) is 0 Å². The molecule has 1 fully saturated rings. The third kappa shape index (κ3) is 5.35. The highest BCUT2D eigenvalue weighted by Crippen LogP contribution is 2.23. The number of unbranched alkanes of at least 4 members (excludes halogenated alkanes) is 1. The van der Waals surface area contributed by atoms with E-state index >= 15 is 0 Å². The number of para-hydroxylation sites is 1. The molecule has 0 aromatic heterocycles. The van der Waals surface area contributed by atoms with Crippen molar-refractivity contribution in [1.29, 1.82) is 0 Å². The number of hydrogen-bond acceptors (Lipinski definition) is 3. The van der Waals surface area contributed by atoms with Crippen molar-refractivity contribution < 1.29 is 14.4 Å². The summed E-state index contributed by atoms with van der Waals surface area (Å²) in [5, 5.41) is 6.05. The third-order valence-electron chi connectivity index (χ3n) is 4.90. The molecular formula is C22H24ClN3O3. The van der Waals surface area contributed by atoms with Gasteiger partial charge in [-0.25, -0.2) is 0 Å². The monoisotopic (exact) mass is 413 g/mol. The molecule has 0 saturated carbocycles. The first-order valence-corrected chi connectivity index (χ1v) is 10.1. The number of benzene rings is 2. The number of hydrogen-bond donors (Lipinski definition) is 2. The second-order valence-electron chi connectivity index (χ2n) is 7.09. The number of carbonyl (C=O) groups excluding carboxylic acids is 3. The average Bonchev–Trinajstić information content (AvgIpc) is 3.09. The standard InChI is InChI=1S/C22H24ClN3O3/c1-2-3-12-26-14-16(13-20(26)27)22(29)24-17-10-8-15(9-11-17)21(28)25-19-7-5-4-6-18(19)23/h4-11,16H,2-3,12-14H2,1H3,(H,24,29)(H,25,28). The van der Waals surface area contributed by atoms with Gasteiger partial charge in [-0.1, -0.05) is 37.1 Å². The van der Waals surface area contributed by atoms with Crippen LogP contribution in [0.1, 0.15) is 36.5 Å². The number of nitrogens with one attached hydrogen (secondary N) is 2. The number of nitrogens with zero attached hydrogens (tertiary/aromatic N) is 1. The molecule has 29 heavy (non-hydrogen) atoms. The zero-order valence-corrected chi connectivity index (χ0v) is 17.0. The lowest BCUT2D eigenvalue weighted by atomic mass is 10.1. The molecule has 2 aromatic carbocycles. The summed E-state index contributed by atoms with van der Waals surface area (Å²) < 4.78 is 0. The maximum absolute atomic E-state index is 12.5. The Morgan fingerprint density at radius 2 is 1.83 bits per heavy atom. The molecule has 1 aliphatic rings. The average molecular weight is 414 g/mol. The maximum atomic E-state index is 12.5. The number of carbonyl (C=O) groups is 3. The molecule has 3 amide bonds. The molecule has 1 unspecified atom stereocenters. The van der Waals surface area contributed by atoms with Crippen LogP contribution in [0.4, 0.5) is 11.4 Å². The van der Waals surface area contributed by atoms with E-state index in [1.807, 2.05) is 0 Å². The fraction of sp³-hybridized carbons (Fsp3) is 0.318. The van der Waals surface area contributed by atoms with Crippen LogP contribution in [0.25, 0.3) is 0 Å². The molecule has 1 heterocycles. The van der Waals surface area contributed by atoms with Crippen molar-refractivity contribution in [2.24, 2.45) is 5.92 Å². The van der Waals surface area contributed by atoms with Gasteiger partial charge in [0.05, 0.1) is 16.6 Å². The smallest absolute Gasteiger partial charge is 0.255 e. The van der Waals surface area contributed by atoms with Crippen molar-refractivity contribution >= 4 is 40.7 Å². The highest BCUT2D eigenvalue weighted by molar-refractivity contribution is 6.33. The summed E-state index contributed by atoms with van der Waals surface area (Å²) in [6.07, 6.45) is 2.20. The van der Waals surface area contributed by atoms with E-state index in [9.17, 15) is 14.4 Å². The van der Waals surface area contributed by atoms with Gasteiger partial charge in [0.15, 0.2) is 0 Å². The zero-order chi connectivity index (χ0) is 20.8. The molecule has 1 atom stereocenters. The Bertz CT molecular complexity index is 898. The summed E-state index contributed by atoms with van der Waals surface area (Å²) in [4.78, 5) is 38.7. The predicted octanol–water partition coefficient (Wildman–Crippen LogP) is 4.18. The molecule has 1 aliphatic heterocycles. The minimum absolute atomic E-state index is 0.0326. The largest absolute Gasteiger partial charge is 0.342 e. The first kappa shape index (κ1) is 20.9. The van der Waals surface area contributed by atoms with Crippen LogP contribution in [0.15, 0.2) is 48.5 Å². The summed E-state index contributed by atoms with van der Waals surface area (Å²) in [5.74, 6) is -0.776. The minimum atomic E-state index is -0.345. The first-order chi connectivity index (χ1) is 14.0. The molecule has 0 radical (unpaired) electrons. The highest BCUT2D eigenvalue weighted by Gasteiger charge is 2.33. The highest BCUT2D eigenvalue weighted by atomic mass is 35.5. The maximum Gasteiger partial charge on any atom is 0.255 e. The van der Waals surface area contributed by atoms with E-state index in [1.54, 1.807) is 53.4 Å². The summed E-state index contributed by atoms with van der Waals surface area (Å²) in [5.41, 5.74) is 1.57. The lowest BCUT2D eigenvalue weighted by Crippen LogP contribution is -2.29. The molecule has 6 nitrogen and oxygen atoms in total. The number of anilines is 2. The van der Waals surface area contributed by atoms with Gasteiger partial charge in [0.2, 0.25) is 11.8 Å². The molecule has 7 heteroatoms. The summed E-state index contributed by atoms with van der Waals surface area (Å²) >= 11 is 6.06. The Morgan fingerprint density at radius 1 is 1.10 bits per heavy atom. The van der Waals surface area contributed by atoms with Crippen molar-refractivity contribution in [3.63, 3.8) is 0 Å². The molecule has 3 rings (SSSR count). The summed E-state index contributed by atoms with van der Waals surface area (Å²) in [6, 6.07) is 13.6. The van der Waals surface area contributed by atoms with E-state index in [4.69, 9.17) is 11.6 Å². The SMILES string of the molecule is CCCCN1CC(C(=O)Nc2ccc(C(=O)Nc3ccccc3Cl)cc2)CC1=O. The van der Waals surface area contributed by atoms with E-state index in [0.717, 1.165) is 12.8 Å². The molecule has 0 bridgehead atoms. The Morgan fingerprint density at radius 3 is 2.52 bits per heavy atom. The van der Waals surface area contributed by atoms with Gasteiger partial charge in [-0.2, -0.15) is 0 Å². The second-order valence-corrected chi connectivity index (χ2v) is 7.50. The van der Waals surface area contributed by atoms with Crippen LogP contribution in [0, 0.1) is 5.92 Å². The molecule has 152 valence electrons. The van der Waals surface area contributed by atoms with Gasteiger partial charge in [-0.05, 0) is 42.8 Å². The van der Waals surface area contributed by atoms with Crippen LogP contribution in [-0.2, 0) is 9.59 Å². The Balaban J connectivity index is 1.56. The van der Waals surface area contributed by atoms with Crippen LogP contribution in [0.2, 0.25) is 5.02 Å². The Hall–Kier alpha value is -2.86. The predicted molar refractivity (Wildman–Crippen MR) is 114 cm³/mol. The molecule has 2 aromatic rings. The van der Waals surface area contributed by atoms with E-state index in [-0.39, 0.29) is 30.1 Å². The number of likely N-dealkylation sites (tertiary alicyclic amines) is 1. The first-order valence-electron chi connectivity index (χ1n) is 9.72. The Kier molecular flexibility index (Phi) is 6.88. The fourth-order valence-electron chi connectivity index (χ4n) is 3.22. The van der Waals surface area contributed by atoms with Gasteiger partial charge in [0, 0.05) is 30.8 Å². The lowest BCUT2D eigenvalue weighted by Gasteiger charge is -2.16. The third-order valence-corrected chi connectivity index (χ3v) is 5.23. The molecule has 1 saturated heterocycles. The lowest BCUT2D eigenvalue weighted by molar-refractivity contribution is -0.128. The van der Waals surface area contributed by atoms with E-state index in [0.29, 0.717) is 35.1 Å². The van der Waals surface area contributed by atoms with Crippen molar-refractivity contribution in [3.05, 3.63) is 59.1 Å². The van der Waals surface area contributed by atoms with E-state index in [2.05, 4.69) is 17.6 Å². The van der Waals surface area contributed by atoms with E-state index < -0.39 is 0 Å². The van der Waals surface area contributed by atoms with Crippen molar-refractivity contribution in [3.8, 4) is 0 Å². The minimum Gasteiger partial charge on any atom is -0.342 e. The van der Waals surface area contributed by atoms with Gasteiger partial charge in [-0.3, -0.25) is 14.4 Å². The molecular weight excluding hydrogens is 390 g/mol. The normalized spacial score (nSPS) is 16.0. The number of halogens is 1. The molecule has 0 spiro atoms. The number of amides is 3. The van der Waals surface area contributed by atoms with Crippen LogP contribution in [0.3, 0.4) is 0 Å². The van der Waals surface area contributed by atoms with Gasteiger partial charge in [-0.15, -0.1) is 0 Å². The zero-order valence-electron chi connectivity index (χ0n) is 16.3. The van der Waals surface area contributed by atoms with Crippen molar-refractivity contribution in [2.75, 3.05) is 23.7 Å². The van der Waals surface area contributed by atoms with Gasteiger partial charge < -0.3 is 15.5 Å². The van der Waals surface area contributed by atoms with Crippen molar-refractivity contribution in [2.45, 2.75) is 26.2 Å². The fourth-order valence-corrected chi connectivity index (χ4v) is 3.40. The Labute approximate surface area is 175 Å². The van der Waals surface area contributed by atoms with Gasteiger partial charge >= 0.3 is 0 Å². The molecule has 2 N–H and O–H groups in total. The summed E-state index contributed by atoms with van der Waals surface area (Å²) in [7, 11) is 0. The topological polar surface area (TPSA) is 78.5 Å². The van der Waals surface area contributed by atoms with Gasteiger partial charge in [0.25, 0.3) is 5.91 Å². The van der Waals surface area contributed by atoms with Crippen LogP contribution in [-0.4, -0.2) is 35.7 Å². The van der Waals surface area contributed by atoms with Gasteiger partial charge in [0.1, 0.15) is 0 Å². The quantitative estimate of drug-likeness (QED) is 0.714. The summed E-state index contributed by atoms with van der Waals surface area (Å²) in [6.45, 7) is 3.24. The van der Waals surface area contributed by atoms with Crippen LogP contribution < -0.4 is 10.6 Å². The number of rotatable bonds is 7. The molecule has 0 aliphatic carbocycles. The second kappa shape index (κ2) is 9.56. The van der Waals surface area contributed by atoms with Crippen molar-refractivity contribution in [1.82, 2.24) is 4.90 Å².